The van der Waals surface area contributed by atoms with Crippen LogP contribution in [0.1, 0.15) is 51.0 Å². The second-order valence-electron chi connectivity index (χ2n) is 8.43. The van der Waals surface area contributed by atoms with Crippen molar-refractivity contribution in [2.75, 3.05) is 30.3 Å². The van der Waals surface area contributed by atoms with Crippen LogP contribution < -0.4 is 16.0 Å². The molecule has 0 aromatic carbocycles. The Hall–Kier alpha value is -3.07. The minimum Gasteiger partial charge on any atom is -0.387 e. The Morgan fingerprint density at radius 1 is 1.18 bits per heavy atom. The maximum absolute atomic E-state index is 13.7. The van der Waals surface area contributed by atoms with Crippen LogP contribution >= 0.6 is 0 Å². The van der Waals surface area contributed by atoms with E-state index in [0.29, 0.717) is 38.8 Å². The number of piperidine rings is 1. The van der Waals surface area contributed by atoms with Gasteiger partial charge in [0.1, 0.15) is 18.0 Å². The van der Waals surface area contributed by atoms with Crippen molar-refractivity contribution in [3.63, 3.8) is 0 Å². The number of halogens is 3. The fraction of sp³-hybridized carbons (Fsp3) is 0.636. The Kier molecular flexibility index (Phi) is 8.55. The van der Waals surface area contributed by atoms with Crippen LogP contribution in [0.4, 0.5) is 24.9 Å². The normalized spacial score (nSPS) is 22.9. The third kappa shape index (κ3) is 6.72. The van der Waals surface area contributed by atoms with E-state index in [1.54, 1.807) is 0 Å². The predicted octanol–water partition coefficient (Wildman–Crippen LogP) is 1.75. The minimum atomic E-state index is -4.67. The quantitative estimate of drug-likeness (QED) is 0.456. The summed E-state index contributed by atoms with van der Waals surface area (Å²) in [5, 5.41) is 17.8. The molecule has 1 aliphatic carbocycles. The summed E-state index contributed by atoms with van der Waals surface area (Å²) in [4.78, 5) is 33.2. The van der Waals surface area contributed by atoms with Crippen LogP contribution in [0.15, 0.2) is 6.20 Å². The van der Waals surface area contributed by atoms with Crippen LogP contribution in [-0.4, -0.2) is 69.6 Å². The average Bonchev–Trinajstić information content (AvgIpc) is 2.79. The molecule has 1 aliphatic heterocycles. The monoisotopic (exact) mass is 482 g/mol. The van der Waals surface area contributed by atoms with Crippen molar-refractivity contribution in [1.29, 1.82) is 0 Å². The van der Waals surface area contributed by atoms with E-state index >= 15 is 0 Å². The third-order valence-corrected chi connectivity index (χ3v) is 5.98. The van der Waals surface area contributed by atoms with E-state index in [2.05, 4.69) is 37.8 Å². The van der Waals surface area contributed by atoms with Gasteiger partial charge in [-0.25, -0.2) is 4.98 Å². The highest BCUT2D eigenvalue weighted by atomic mass is 19.4. The van der Waals surface area contributed by atoms with E-state index in [1.165, 1.54) is 11.8 Å². The Bertz CT molecular complexity index is 946. The highest BCUT2D eigenvalue weighted by Crippen LogP contribution is 2.35. The van der Waals surface area contributed by atoms with Crippen molar-refractivity contribution in [3.05, 3.63) is 11.8 Å². The summed E-state index contributed by atoms with van der Waals surface area (Å²) in [7, 11) is 0. The van der Waals surface area contributed by atoms with Gasteiger partial charge in [-0.05, 0) is 38.5 Å². The summed E-state index contributed by atoms with van der Waals surface area (Å²) in [5.74, 6) is 3.68. The maximum Gasteiger partial charge on any atom is 0.421 e. The molecule has 1 aromatic heterocycles. The molecule has 34 heavy (non-hydrogen) atoms. The summed E-state index contributed by atoms with van der Waals surface area (Å²) >= 11 is 0. The van der Waals surface area contributed by atoms with Crippen LogP contribution in [0, 0.1) is 11.8 Å². The number of aromatic nitrogens is 2. The van der Waals surface area contributed by atoms with E-state index in [4.69, 9.17) is 5.11 Å². The first kappa shape index (κ1) is 25.6. The van der Waals surface area contributed by atoms with Gasteiger partial charge in [0.05, 0.1) is 0 Å². The van der Waals surface area contributed by atoms with Gasteiger partial charge in [-0.2, -0.15) is 18.2 Å². The van der Waals surface area contributed by atoms with Gasteiger partial charge in [0, 0.05) is 37.4 Å². The van der Waals surface area contributed by atoms with Crippen molar-refractivity contribution < 1.29 is 27.9 Å². The molecule has 2 aliphatic rings. The molecule has 2 heterocycles. The fourth-order valence-electron chi connectivity index (χ4n) is 4.34. The Morgan fingerprint density at radius 3 is 2.59 bits per heavy atom. The first-order valence-electron chi connectivity index (χ1n) is 11.3. The van der Waals surface area contributed by atoms with Crippen molar-refractivity contribution in [3.8, 4) is 11.8 Å². The predicted molar refractivity (Wildman–Crippen MR) is 119 cm³/mol. The lowest BCUT2D eigenvalue weighted by Crippen LogP contribution is -2.48. The molecule has 2 fully saturated rings. The first-order chi connectivity index (χ1) is 16.2. The molecule has 3 rings (SSSR count). The van der Waals surface area contributed by atoms with Crippen molar-refractivity contribution in [2.45, 2.75) is 69.8 Å². The van der Waals surface area contributed by atoms with Crippen LogP contribution in [0.2, 0.25) is 0 Å². The van der Waals surface area contributed by atoms with E-state index in [-0.39, 0.29) is 23.8 Å². The summed E-state index contributed by atoms with van der Waals surface area (Å²) in [6.45, 7) is 1.74. The maximum atomic E-state index is 13.7. The van der Waals surface area contributed by atoms with Gasteiger partial charge in [-0.15, -0.1) is 0 Å². The number of alkyl halides is 3. The summed E-state index contributed by atoms with van der Waals surface area (Å²) in [5.41, 5.74) is -0.997. The third-order valence-electron chi connectivity index (χ3n) is 5.98. The molecule has 1 saturated heterocycles. The second-order valence-corrected chi connectivity index (χ2v) is 8.43. The minimum absolute atomic E-state index is 0.00652. The van der Waals surface area contributed by atoms with E-state index in [1.807, 2.05) is 0 Å². The molecule has 4 N–H and O–H groups in total. The fourth-order valence-corrected chi connectivity index (χ4v) is 4.34. The first-order valence-corrected chi connectivity index (χ1v) is 11.3. The summed E-state index contributed by atoms with van der Waals surface area (Å²) < 4.78 is 41.1. The number of anilines is 2. The number of aliphatic hydroxyl groups is 1. The van der Waals surface area contributed by atoms with Gasteiger partial charge in [0.2, 0.25) is 11.9 Å². The standard InChI is InChI=1S/C22H29F3N6O3/c1-2-6-18(33)28-16-8-3-4-9-17(16)29-20-15(22(23,24)25)11-26-21(30-20)27-14-7-5-10-31(12-14)19(34)13-32/h11,14,16-17,32H,3-5,7-10,12-13H2,1H3,(H,28,33)(H2,26,27,29,30)/t14-,16?,17?/m0/s1. The summed E-state index contributed by atoms with van der Waals surface area (Å²) in [6.07, 6.45) is 0.247. The van der Waals surface area contributed by atoms with Gasteiger partial charge in [0.15, 0.2) is 0 Å². The number of carbonyl (C=O) groups excluding carboxylic acids is 2. The number of rotatable bonds is 6. The molecule has 186 valence electrons. The van der Waals surface area contributed by atoms with E-state index < -0.39 is 36.2 Å². The number of aliphatic hydroxyl groups excluding tert-OH is 1. The van der Waals surface area contributed by atoms with Crippen LogP contribution in [0.25, 0.3) is 0 Å². The zero-order valence-corrected chi connectivity index (χ0v) is 18.9. The number of hydrogen-bond acceptors (Lipinski definition) is 7. The number of carbonyl (C=O) groups is 2. The Labute approximate surface area is 195 Å². The molecule has 12 heteroatoms. The zero-order valence-electron chi connectivity index (χ0n) is 18.9. The molecule has 1 saturated carbocycles. The van der Waals surface area contributed by atoms with Gasteiger partial charge >= 0.3 is 6.18 Å². The van der Waals surface area contributed by atoms with Crippen LogP contribution in [0.3, 0.4) is 0 Å². The van der Waals surface area contributed by atoms with Crippen molar-refractivity contribution >= 4 is 23.6 Å². The SMILES string of the molecule is CC#CC(=O)NC1CCCCC1Nc1nc(N[C@H]2CCCN(C(=O)CO)C2)ncc1C(F)(F)F. The average molecular weight is 483 g/mol. The lowest BCUT2D eigenvalue weighted by Gasteiger charge is -2.34. The smallest absolute Gasteiger partial charge is 0.387 e. The van der Waals surface area contributed by atoms with Crippen molar-refractivity contribution in [1.82, 2.24) is 20.2 Å². The molecule has 3 atom stereocenters. The molecule has 9 nitrogen and oxygen atoms in total. The van der Waals surface area contributed by atoms with Crippen LogP contribution in [0.5, 0.6) is 0 Å². The number of nitrogens with one attached hydrogen (secondary N) is 3. The highest BCUT2D eigenvalue weighted by Gasteiger charge is 2.37. The van der Waals surface area contributed by atoms with E-state index in [0.717, 1.165) is 19.0 Å². The molecule has 0 radical (unpaired) electrons. The lowest BCUT2D eigenvalue weighted by molar-refractivity contribution is -0.137. The summed E-state index contributed by atoms with van der Waals surface area (Å²) in [6, 6.07) is -1.10. The van der Waals surface area contributed by atoms with Crippen LogP contribution in [-0.2, 0) is 15.8 Å². The lowest BCUT2D eigenvalue weighted by atomic mass is 9.90. The number of hydrogen-bond donors (Lipinski definition) is 4. The molecule has 0 bridgehead atoms. The van der Waals surface area contributed by atoms with Gasteiger partial charge in [0.25, 0.3) is 5.91 Å². The van der Waals surface area contributed by atoms with Gasteiger partial charge in [-0.1, -0.05) is 18.8 Å². The molecule has 2 unspecified atom stereocenters. The largest absolute Gasteiger partial charge is 0.421 e. The molecule has 0 spiro atoms. The Morgan fingerprint density at radius 2 is 1.91 bits per heavy atom. The molecule has 2 amide bonds. The van der Waals surface area contributed by atoms with Gasteiger partial charge < -0.3 is 26.0 Å². The number of nitrogens with zero attached hydrogens (tertiary/aromatic N) is 3. The molecular formula is C22H29F3N6O3. The second kappa shape index (κ2) is 11.4. The van der Waals surface area contributed by atoms with E-state index in [9.17, 15) is 22.8 Å². The van der Waals surface area contributed by atoms with Gasteiger partial charge in [-0.3, -0.25) is 9.59 Å². The van der Waals surface area contributed by atoms with Crippen molar-refractivity contribution in [2.24, 2.45) is 0 Å². The zero-order chi connectivity index (χ0) is 24.7. The Balaban J connectivity index is 1.79. The number of likely N-dealkylation sites (tertiary alicyclic amines) is 1. The number of amides is 2. The molecule has 1 aromatic rings. The highest BCUT2D eigenvalue weighted by molar-refractivity contribution is 5.93. The molecular weight excluding hydrogens is 453 g/mol. The topological polar surface area (TPSA) is 119 Å².